The van der Waals surface area contributed by atoms with Gasteiger partial charge in [0.25, 0.3) is 5.56 Å². The number of carbonyl (C=O) groups is 1. The van der Waals surface area contributed by atoms with Crippen LogP contribution in [0.15, 0.2) is 29.1 Å². The first-order valence-electron chi connectivity index (χ1n) is 7.90. The van der Waals surface area contributed by atoms with Crippen molar-refractivity contribution in [2.75, 3.05) is 5.32 Å². The molecular formula is C18H21N3O2. The van der Waals surface area contributed by atoms with Gasteiger partial charge in [0, 0.05) is 17.7 Å². The minimum Gasteiger partial charge on any atom is -0.324 e. The Balaban J connectivity index is 1.78. The van der Waals surface area contributed by atoms with E-state index in [4.69, 9.17) is 0 Å². The van der Waals surface area contributed by atoms with Crippen molar-refractivity contribution in [3.8, 4) is 0 Å². The number of amides is 1. The van der Waals surface area contributed by atoms with E-state index < -0.39 is 0 Å². The topological polar surface area (TPSA) is 64.0 Å². The number of rotatable bonds is 4. The van der Waals surface area contributed by atoms with Gasteiger partial charge in [0.1, 0.15) is 6.54 Å². The highest BCUT2D eigenvalue weighted by Crippen LogP contribution is 2.38. The van der Waals surface area contributed by atoms with Gasteiger partial charge < -0.3 is 5.32 Å². The summed E-state index contributed by atoms with van der Waals surface area (Å²) in [6.07, 6.45) is 2.22. The Kier molecular flexibility index (Phi) is 4.03. The Morgan fingerprint density at radius 3 is 2.48 bits per heavy atom. The van der Waals surface area contributed by atoms with Crippen LogP contribution in [-0.4, -0.2) is 15.7 Å². The van der Waals surface area contributed by atoms with Crippen LogP contribution >= 0.6 is 0 Å². The third kappa shape index (κ3) is 3.50. The normalized spacial score (nSPS) is 13.9. The molecule has 0 unspecified atom stereocenters. The summed E-state index contributed by atoms with van der Waals surface area (Å²) >= 11 is 0. The van der Waals surface area contributed by atoms with Gasteiger partial charge in [-0.25, -0.2) is 4.68 Å². The van der Waals surface area contributed by atoms with Crippen molar-refractivity contribution < 1.29 is 4.79 Å². The van der Waals surface area contributed by atoms with Crippen molar-refractivity contribution in [1.29, 1.82) is 0 Å². The maximum absolute atomic E-state index is 12.3. The minimum atomic E-state index is -0.248. The molecule has 1 amide bonds. The number of nitrogens with zero attached hydrogens (tertiary/aromatic N) is 2. The fourth-order valence-corrected chi connectivity index (χ4v) is 2.87. The number of carbonyl (C=O) groups excluding carboxylic acids is 1. The average molecular weight is 311 g/mol. The molecule has 5 heteroatoms. The summed E-state index contributed by atoms with van der Waals surface area (Å²) < 4.78 is 1.25. The molecule has 3 rings (SSSR count). The summed E-state index contributed by atoms with van der Waals surface area (Å²) in [7, 11) is 0. The zero-order valence-corrected chi connectivity index (χ0v) is 13.7. The van der Waals surface area contributed by atoms with Gasteiger partial charge in [0.05, 0.1) is 5.69 Å². The summed E-state index contributed by atoms with van der Waals surface area (Å²) in [6.45, 7) is 5.89. The van der Waals surface area contributed by atoms with E-state index >= 15 is 0 Å². The third-order valence-corrected chi connectivity index (χ3v) is 4.12. The van der Waals surface area contributed by atoms with Crippen molar-refractivity contribution in [3.05, 3.63) is 57.0 Å². The first-order chi connectivity index (χ1) is 10.9. The third-order valence-electron chi connectivity index (χ3n) is 4.12. The van der Waals surface area contributed by atoms with Gasteiger partial charge in [-0.05, 0) is 50.8 Å². The lowest BCUT2D eigenvalue weighted by Gasteiger charge is -2.13. The molecule has 120 valence electrons. The smallest absolute Gasteiger partial charge is 0.267 e. The van der Waals surface area contributed by atoms with Crippen LogP contribution in [0.2, 0.25) is 0 Å². The van der Waals surface area contributed by atoms with Gasteiger partial charge in [-0.15, -0.1) is 0 Å². The second-order valence-corrected chi connectivity index (χ2v) is 6.35. The van der Waals surface area contributed by atoms with Gasteiger partial charge in [0.15, 0.2) is 0 Å². The van der Waals surface area contributed by atoms with E-state index in [1.165, 1.54) is 10.7 Å². The number of aromatic nitrogens is 2. The van der Waals surface area contributed by atoms with Crippen molar-refractivity contribution in [2.45, 2.75) is 46.1 Å². The van der Waals surface area contributed by atoms with Crippen LogP contribution in [0.4, 0.5) is 5.69 Å². The largest absolute Gasteiger partial charge is 0.324 e. The molecule has 5 nitrogen and oxygen atoms in total. The number of benzene rings is 1. The molecule has 0 radical (unpaired) electrons. The van der Waals surface area contributed by atoms with Gasteiger partial charge in [-0.3, -0.25) is 9.59 Å². The van der Waals surface area contributed by atoms with E-state index in [-0.39, 0.29) is 18.0 Å². The van der Waals surface area contributed by atoms with E-state index in [1.807, 2.05) is 32.9 Å². The minimum absolute atomic E-state index is 0.0633. The van der Waals surface area contributed by atoms with E-state index in [1.54, 1.807) is 6.07 Å². The quantitative estimate of drug-likeness (QED) is 0.944. The highest BCUT2D eigenvalue weighted by molar-refractivity contribution is 5.92. The van der Waals surface area contributed by atoms with Crippen LogP contribution in [0.1, 0.15) is 41.1 Å². The van der Waals surface area contributed by atoms with Crippen molar-refractivity contribution in [2.24, 2.45) is 0 Å². The van der Waals surface area contributed by atoms with Crippen LogP contribution < -0.4 is 10.9 Å². The summed E-state index contributed by atoms with van der Waals surface area (Å²) in [5.41, 5.74) is 4.66. The lowest BCUT2D eigenvalue weighted by atomic mass is 10.1. The molecule has 0 atom stereocenters. The fraction of sp³-hybridized carbons (Fsp3) is 0.389. The van der Waals surface area contributed by atoms with Crippen LogP contribution in [0.25, 0.3) is 0 Å². The molecule has 2 aromatic rings. The first kappa shape index (κ1) is 15.5. The van der Waals surface area contributed by atoms with Gasteiger partial charge >= 0.3 is 0 Å². The van der Waals surface area contributed by atoms with Crippen molar-refractivity contribution in [3.63, 3.8) is 0 Å². The molecule has 1 heterocycles. The van der Waals surface area contributed by atoms with Crippen LogP contribution in [-0.2, 0) is 11.3 Å². The molecule has 1 aromatic heterocycles. The second kappa shape index (κ2) is 5.99. The molecule has 1 aromatic carbocycles. The zero-order chi connectivity index (χ0) is 16.6. The molecule has 0 spiro atoms. The Morgan fingerprint density at radius 1 is 1.22 bits per heavy atom. The summed E-state index contributed by atoms with van der Waals surface area (Å²) in [5, 5.41) is 7.23. The maximum atomic E-state index is 12.3. The lowest BCUT2D eigenvalue weighted by Crippen LogP contribution is -2.30. The van der Waals surface area contributed by atoms with Gasteiger partial charge in [0.2, 0.25) is 5.91 Å². The molecule has 1 aliphatic rings. The van der Waals surface area contributed by atoms with E-state index in [2.05, 4.69) is 10.4 Å². The van der Waals surface area contributed by atoms with E-state index in [9.17, 15) is 9.59 Å². The van der Waals surface area contributed by atoms with Crippen molar-refractivity contribution >= 4 is 11.6 Å². The molecule has 23 heavy (non-hydrogen) atoms. The second-order valence-electron chi connectivity index (χ2n) is 6.35. The van der Waals surface area contributed by atoms with Crippen LogP contribution in [0, 0.1) is 20.8 Å². The molecule has 1 aliphatic carbocycles. The standard InChI is InChI=1S/C18H21N3O2/c1-11-8-12(2)18(13(3)9-11)19-16(22)10-21-17(23)7-6-15(20-21)14-4-5-14/h6-9,14H,4-5,10H2,1-3H3,(H,19,22). The Morgan fingerprint density at radius 2 is 1.87 bits per heavy atom. The number of nitrogens with one attached hydrogen (secondary N) is 1. The highest BCUT2D eigenvalue weighted by atomic mass is 16.2. The van der Waals surface area contributed by atoms with Gasteiger partial charge in [-0.2, -0.15) is 5.10 Å². The van der Waals surface area contributed by atoms with Crippen LogP contribution in [0.3, 0.4) is 0 Å². The van der Waals surface area contributed by atoms with Crippen molar-refractivity contribution in [1.82, 2.24) is 9.78 Å². The predicted octanol–water partition coefficient (Wildman–Crippen LogP) is 2.68. The number of aryl methyl sites for hydroxylation is 3. The first-order valence-corrected chi connectivity index (χ1v) is 7.90. The number of anilines is 1. The summed E-state index contributed by atoms with van der Waals surface area (Å²) in [4.78, 5) is 24.2. The Labute approximate surface area is 135 Å². The zero-order valence-electron chi connectivity index (χ0n) is 13.7. The molecule has 1 fully saturated rings. The van der Waals surface area contributed by atoms with E-state index in [0.29, 0.717) is 5.92 Å². The molecule has 0 aliphatic heterocycles. The predicted molar refractivity (Wildman–Crippen MR) is 89.8 cm³/mol. The molecule has 1 saturated carbocycles. The highest BCUT2D eigenvalue weighted by Gasteiger charge is 2.25. The van der Waals surface area contributed by atoms with Crippen LogP contribution in [0.5, 0.6) is 0 Å². The number of hydrogen-bond donors (Lipinski definition) is 1. The monoisotopic (exact) mass is 311 g/mol. The van der Waals surface area contributed by atoms with Gasteiger partial charge in [-0.1, -0.05) is 17.7 Å². The fourth-order valence-electron chi connectivity index (χ4n) is 2.87. The summed E-state index contributed by atoms with van der Waals surface area (Å²) in [5.74, 6) is 0.217. The average Bonchev–Trinajstić information content (AvgIpc) is 3.30. The molecular weight excluding hydrogens is 290 g/mol. The lowest BCUT2D eigenvalue weighted by molar-refractivity contribution is -0.117. The SMILES string of the molecule is Cc1cc(C)c(NC(=O)Cn2nc(C3CC3)ccc2=O)c(C)c1. The molecule has 0 saturated heterocycles. The maximum Gasteiger partial charge on any atom is 0.267 e. The van der Waals surface area contributed by atoms with E-state index in [0.717, 1.165) is 40.9 Å². The Hall–Kier alpha value is -2.43. The summed E-state index contributed by atoms with van der Waals surface area (Å²) in [6, 6.07) is 7.32. The number of hydrogen-bond acceptors (Lipinski definition) is 3. The molecule has 0 bridgehead atoms. The molecule has 1 N–H and O–H groups in total. The Bertz CT molecular complexity index is 796.